The average molecular weight is 165 g/mol. The highest BCUT2D eigenvalue weighted by molar-refractivity contribution is 5.78. The molecule has 0 bridgehead atoms. The Morgan fingerprint density at radius 2 is 2.42 bits per heavy atom. The molecule has 3 N–H and O–H groups in total. The maximum absolute atomic E-state index is 5.59. The first-order chi connectivity index (χ1) is 5.83. The summed E-state index contributed by atoms with van der Waals surface area (Å²) in [6.07, 6.45) is 3.25. The number of nitrogens with two attached hydrogens (primary N) is 1. The van der Waals surface area contributed by atoms with Crippen molar-refractivity contribution in [3.63, 3.8) is 0 Å². The van der Waals surface area contributed by atoms with Gasteiger partial charge < -0.3 is 11.1 Å². The second-order valence-electron chi connectivity index (χ2n) is 2.86. The molecule has 66 valence electrons. The van der Waals surface area contributed by atoms with Crippen LogP contribution in [0.5, 0.6) is 0 Å². The third kappa shape index (κ3) is 3.87. The van der Waals surface area contributed by atoms with E-state index in [0.717, 1.165) is 6.42 Å². The number of rotatable bonds is 3. The van der Waals surface area contributed by atoms with Crippen LogP contribution in [0.1, 0.15) is 26.2 Å². The predicted octanol–water partition coefficient (Wildman–Crippen LogP) is 0.467. The fraction of sp³-hybridized carbons (Fsp3) is 0.667. The summed E-state index contributed by atoms with van der Waals surface area (Å²) in [7, 11) is 0. The average Bonchev–Trinajstić information content (AvgIpc) is 2.82. The van der Waals surface area contributed by atoms with Crippen molar-refractivity contribution < 1.29 is 0 Å². The van der Waals surface area contributed by atoms with E-state index in [1.807, 2.05) is 6.92 Å². The Morgan fingerprint density at radius 3 is 3.00 bits per heavy atom. The molecule has 1 saturated carbocycles. The smallest absolute Gasteiger partial charge is 0.188 e. The lowest BCUT2D eigenvalue weighted by molar-refractivity contribution is 0.878. The quantitative estimate of drug-likeness (QED) is 0.276. The highest BCUT2D eigenvalue weighted by Gasteiger charge is 2.20. The van der Waals surface area contributed by atoms with Crippen LogP contribution >= 0.6 is 0 Å². The van der Waals surface area contributed by atoms with Crippen molar-refractivity contribution in [1.29, 1.82) is 0 Å². The maximum atomic E-state index is 5.59. The molecule has 1 rings (SSSR count). The summed E-state index contributed by atoms with van der Waals surface area (Å²) in [5.41, 5.74) is 5.59. The van der Waals surface area contributed by atoms with Gasteiger partial charge in [-0.2, -0.15) is 0 Å². The van der Waals surface area contributed by atoms with Crippen LogP contribution in [-0.4, -0.2) is 18.5 Å². The first-order valence-electron chi connectivity index (χ1n) is 4.29. The van der Waals surface area contributed by atoms with Crippen LogP contribution < -0.4 is 11.1 Å². The SMILES string of the molecule is CC#CCCN=C(N)NC1CC1. The standard InChI is InChI=1S/C9H15N3/c1-2-3-4-7-11-9(10)12-8-5-6-8/h8H,4-7H2,1H3,(H3,10,11,12). The molecule has 0 aromatic carbocycles. The van der Waals surface area contributed by atoms with Crippen LogP contribution in [0.3, 0.4) is 0 Å². The Bertz CT molecular complexity index is 218. The summed E-state index contributed by atoms with van der Waals surface area (Å²) in [5, 5.41) is 3.11. The Hall–Kier alpha value is -1.17. The van der Waals surface area contributed by atoms with Gasteiger partial charge in [0.25, 0.3) is 0 Å². The molecule has 0 amide bonds. The molecule has 0 spiro atoms. The monoisotopic (exact) mass is 165 g/mol. The number of guanidine groups is 1. The third-order valence-corrected chi connectivity index (χ3v) is 1.63. The predicted molar refractivity (Wildman–Crippen MR) is 50.7 cm³/mol. The summed E-state index contributed by atoms with van der Waals surface area (Å²) in [4.78, 5) is 4.12. The van der Waals surface area contributed by atoms with E-state index in [2.05, 4.69) is 22.2 Å². The van der Waals surface area contributed by atoms with Crippen molar-refractivity contribution in [3.8, 4) is 11.8 Å². The molecule has 0 aliphatic heterocycles. The van der Waals surface area contributed by atoms with E-state index in [4.69, 9.17) is 5.73 Å². The Morgan fingerprint density at radius 1 is 1.67 bits per heavy atom. The van der Waals surface area contributed by atoms with Gasteiger partial charge in [-0.15, -0.1) is 11.8 Å². The highest BCUT2D eigenvalue weighted by Crippen LogP contribution is 2.17. The van der Waals surface area contributed by atoms with Gasteiger partial charge in [-0.1, -0.05) is 0 Å². The second kappa shape index (κ2) is 4.66. The van der Waals surface area contributed by atoms with Crippen LogP contribution in [0.15, 0.2) is 4.99 Å². The first kappa shape index (κ1) is 8.92. The first-order valence-corrected chi connectivity index (χ1v) is 4.29. The molecule has 0 saturated heterocycles. The van der Waals surface area contributed by atoms with Gasteiger partial charge in [0.05, 0.1) is 6.54 Å². The molecule has 0 aromatic rings. The van der Waals surface area contributed by atoms with Crippen LogP contribution in [0, 0.1) is 11.8 Å². The van der Waals surface area contributed by atoms with Gasteiger partial charge in [-0.25, -0.2) is 0 Å². The van der Waals surface area contributed by atoms with E-state index < -0.39 is 0 Å². The molecule has 3 nitrogen and oxygen atoms in total. The minimum atomic E-state index is 0.565. The van der Waals surface area contributed by atoms with Crippen LogP contribution in [0.25, 0.3) is 0 Å². The van der Waals surface area contributed by atoms with Crippen molar-refractivity contribution in [2.24, 2.45) is 10.7 Å². The van der Waals surface area contributed by atoms with Crippen molar-refractivity contribution in [2.45, 2.75) is 32.2 Å². The van der Waals surface area contributed by atoms with Gasteiger partial charge in [0.2, 0.25) is 0 Å². The Balaban J connectivity index is 2.09. The van der Waals surface area contributed by atoms with Gasteiger partial charge >= 0.3 is 0 Å². The van der Waals surface area contributed by atoms with E-state index in [1.54, 1.807) is 0 Å². The molecule has 1 aliphatic carbocycles. The number of hydrogen-bond acceptors (Lipinski definition) is 1. The molecule has 12 heavy (non-hydrogen) atoms. The zero-order valence-corrected chi connectivity index (χ0v) is 7.43. The topological polar surface area (TPSA) is 50.4 Å². The lowest BCUT2D eigenvalue weighted by Gasteiger charge is -2.00. The fourth-order valence-corrected chi connectivity index (χ4v) is 0.840. The van der Waals surface area contributed by atoms with Gasteiger partial charge in [0.1, 0.15) is 0 Å². The summed E-state index contributed by atoms with van der Waals surface area (Å²) in [6.45, 7) is 2.53. The minimum Gasteiger partial charge on any atom is -0.370 e. The number of hydrogen-bond donors (Lipinski definition) is 2. The van der Waals surface area contributed by atoms with Gasteiger partial charge in [-0.05, 0) is 19.8 Å². The molecule has 0 radical (unpaired) electrons. The van der Waals surface area contributed by atoms with E-state index >= 15 is 0 Å². The molecule has 0 atom stereocenters. The molecule has 1 aliphatic rings. The molecule has 1 fully saturated rings. The van der Waals surface area contributed by atoms with Gasteiger partial charge in [0.15, 0.2) is 5.96 Å². The normalized spacial score (nSPS) is 16.6. The van der Waals surface area contributed by atoms with E-state index in [-0.39, 0.29) is 0 Å². The molecular formula is C9H15N3. The Labute approximate surface area is 73.4 Å². The van der Waals surface area contributed by atoms with Crippen molar-refractivity contribution in [1.82, 2.24) is 5.32 Å². The van der Waals surface area contributed by atoms with Crippen molar-refractivity contribution >= 4 is 5.96 Å². The largest absolute Gasteiger partial charge is 0.370 e. The molecule has 0 aromatic heterocycles. The van der Waals surface area contributed by atoms with E-state index in [9.17, 15) is 0 Å². The number of aliphatic imine (C=N–C) groups is 1. The van der Waals surface area contributed by atoms with Gasteiger partial charge in [-0.3, -0.25) is 4.99 Å². The van der Waals surface area contributed by atoms with Crippen molar-refractivity contribution in [2.75, 3.05) is 6.54 Å². The molecule has 0 heterocycles. The van der Waals surface area contributed by atoms with Crippen molar-refractivity contribution in [3.05, 3.63) is 0 Å². The lowest BCUT2D eigenvalue weighted by atomic mass is 10.4. The maximum Gasteiger partial charge on any atom is 0.188 e. The minimum absolute atomic E-state index is 0.565. The Kier molecular flexibility index (Phi) is 3.46. The van der Waals surface area contributed by atoms with E-state index in [1.165, 1.54) is 12.8 Å². The number of nitrogens with zero attached hydrogens (tertiary/aromatic N) is 1. The summed E-state index contributed by atoms with van der Waals surface area (Å²) < 4.78 is 0. The van der Waals surface area contributed by atoms with Gasteiger partial charge in [0, 0.05) is 12.5 Å². The molecule has 0 unspecified atom stereocenters. The zero-order chi connectivity index (χ0) is 8.81. The third-order valence-electron chi connectivity index (χ3n) is 1.63. The fourth-order valence-electron chi connectivity index (χ4n) is 0.840. The number of nitrogens with one attached hydrogen (secondary N) is 1. The van der Waals surface area contributed by atoms with Crippen LogP contribution in [0.2, 0.25) is 0 Å². The lowest BCUT2D eigenvalue weighted by Crippen LogP contribution is -2.33. The highest BCUT2D eigenvalue weighted by atomic mass is 15.1. The van der Waals surface area contributed by atoms with E-state index in [0.29, 0.717) is 18.5 Å². The van der Waals surface area contributed by atoms with Crippen LogP contribution in [-0.2, 0) is 0 Å². The second-order valence-corrected chi connectivity index (χ2v) is 2.86. The van der Waals surface area contributed by atoms with Crippen LogP contribution in [0.4, 0.5) is 0 Å². The summed E-state index contributed by atoms with van der Waals surface area (Å²) in [5.74, 6) is 6.31. The zero-order valence-electron chi connectivity index (χ0n) is 7.43. The molecule has 3 heteroatoms. The molecular weight excluding hydrogens is 150 g/mol. The summed E-state index contributed by atoms with van der Waals surface area (Å²) >= 11 is 0. The summed E-state index contributed by atoms with van der Waals surface area (Å²) in [6, 6.07) is 0.589.